The van der Waals surface area contributed by atoms with Gasteiger partial charge in [-0.2, -0.15) is 5.10 Å². The minimum Gasteiger partial charge on any atom is -0.369 e. The van der Waals surface area contributed by atoms with E-state index in [1.165, 1.54) is 6.07 Å². The summed E-state index contributed by atoms with van der Waals surface area (Å²) in [6.45, 7) is 2.50. The van der Waals surface area contributed by atoms with Gasteiger partial charge < -0.3 is 9.80 Å². The Hall–Kier alpha value is -3.48. The van der Waals surface area contributed by atoms with Crippen LogP contribution in [-0.2, 0) is 11.2 Å². The van der Waals surface area contributed by atoms with Crippen LogP contribution in [0, 0.1) is 11.7 Å². The first-order valence-electron chi connectivity index (χ1n) is 11.5. The number of halogens is 1. The Labute approximate surface area is 193 Å². The smallest absolute Gasteiger partial charge is 0.223 e. The predicted octanol–water partition coefficient (Wildman–Crippen LogP) is 3.93. The number of nitrogens with zero attached hydrogens (tertiary/aromatic N) is 4. The lowest BCUT2D eigenvalue weighted by atomic mass is 9.97. The normalized spacial score (nSPS) is 20.1. The van der Waals surface area contributed by atoms with Crippen LogP contribution in [0.3, 0.4) is 0 Å². The van der Waals surface area contributed by atoms with Crippen molar-refractivity contribution in [2.24, 2.45) is 10.9 Å². The monoisotopic (exact) mass is 445 g/mol. The average Bonchev–Trinajstić information content (AvgIpc) is 3.46. The number of amides is 1. The summed E-state index contributed by atoms with van der Waals surface area (Å²) < 4.78 is 13.9. The average molecular weight is 446 g/mol. The van der Waals surface area contributed by atoms with Gasteiger partial charge in [-0.3, -0.25) is 14.9 Å². The Morgan fingerprint density at radius 3 is 2.88 bits per heavy atom. The fourth-order valence-electron chi connectivity index (χ4n) is 5.22. The molecule has 2 aliphatic heterocycles. The Morgan fingerprint density at radius 2 is 2.09 bits per heavy atom. The molecule has 1 aromatic heterocycles. The van der Waals surface area contributed by atoms with Gasteiger partial charge >= 0.3 is 0 Å². The number of aliphatic imine (C=N–C) groups is 1. The van der Waals surface area contributed by atoms with Gasteiger partial charge in [-0.1, -0.05) is 24.3 Å². The van der Waals surface area contributed by atoms with Gasteiger partial charge in [0.1, 0.15) is 5.82 Å². The van der Waals surface area contributed by atoms with E-state index in [0.717, 1.165) is 48.4 Å². The quantitative estimate of drug-likeness (QED) is 0.585. The van der Waals surface area contributed by atoms with Gasteiger partial charge in [0.15, 0.2) is 0 Å². The number of hydrogen-bond acceptors (Lipinski definition) is 4. The number of likely N-dealkylation sites (tertiary alicyclic amines) is 1. The number of benzene rings is 2. The van der Waals surface area contributed by atoms with Crippen molar-refractivity contribution in [3.63, 3.8) is 0 Å². The van der Waals surface area contributed by atoms with Crippen molar-refractivity contribution >= 4 is 17.8 Å². The van der Waals surface area contributed by atoms with Crippen LogP contribution in [0.5, 0.6) is 0 Å². The van der Waals surface area contributed by atoms with E-state index in [4.69, 9.17) is 0 Å². The Bertz CT molecular complexity index is 1160. The maximum Gasteiger partial charge on any atom is 0.223 e. The lowest BCUT2D eigenvalue weighted by Crippen LogP contribution is -2.44. The second-order valence-corrected chi connectivity index (χ2v) is 8.95. The van der Waals surface area contributed by atoms with Gasteiger partial charge in [0, 0.05) is 68.4 Å². The minimum atomic E-state index is -0.236. The molecular formula is C26H28FN5O. The van der Waals surface area contributed by atoms with Crippen LogP contribution in [-0.4, -0.2) is 59.9 Å². The van der Waals surface area contributed by atoms with Crippen molar-refractivity contribution < 1.29 is 9.18 Å². The first-order chi connectivity index (χ1) is 16.1. The molecule has 2 aromatic carbocycles. The molecule has 2 atom stereocenters. The Morgan fingerprint density at radius 1 is 1.21 bits per heavy atom. The van der Waals surface area contributed by atoms with Gasteiger partial charge in [0.2, 0.25) is 5.91 Å². The van der Waals surface area contributed by atoms with Gasteiger partial charge in [0.25, 0.3) is 0 Å². The van der Waals surface area contributed by atoms with E-state index in [9.17, 15) is 9.18 Å². The van der Waals surface area contributed by atoms with Crippen LogP contribution in [0.1, 0.15) is 24.0 Å². The van der Waals surface area contributed by atoms with Crippen LogP contribution >= 0.6 is 0 Å². The second kappa shape index (κ2) is 9.17. The zero-order chi connectivity index (χ0) is 22.8. The molecule has 0 saturated carbocycles. The highest BCUT2D eigenvalue weighted by molar-refractivity contribution is 5.90. The fourth-order valence-corrected chi connectivity index (χ4v) is 5.22. The molecule has 0 unspecified atom stereocenters. The van der Waals surface area contributed by atoms with Crippen LogP contribution < -0.4 is 4.90 Å². The first kappa shape index (κ1) is 21.4. The third-order valence-electron chi connectivity index (χ3n) is 6.77. The highest BCUT2D eigenvalue weighted by atomic mass is 19.1. The molecule has 3 heterocycles. The van der Waals surface area contributed by atoms with Gasteiger partial charge in [-0.05, 0) is 48.1 Å². The van der Waals surface area contributed by atoms with E-state index in [-0.39, 0.29) is 17.8 Å². The lowest BCUT2D eigenvalue weighted by Gasteiger charge is -2.35. The molecule has 3 aromatic rings. The number of rotatable bonds is 6. The maximum atomic E-state index is 13.9. The summed E-state index contributed by atoms with van der Waals surface area (Å²) >= 11 is 0. The number of aromatic nitrogens is 2. The largest absolute Gasteiger partial charge is 0.369 e. The number of anilines is 1. The van der Waals surface area contributed by atoms with E-state index in [1.54, 1.807) is 19.2 Å². The summed E-state index contributed by atoms with van der Waals surface area (Å²) in [4.78, 5) is 21.7. The van der Waals surface area contributed by atoms with E-state index in [2.05, 4.69) is 38.3 Å². The molecule has 0 spiro atoms. The van der Waals surface area contributed by atoms with Crippen LogP contribution in [0.2, 0.25) is 0 Å². The van der Waals surface area contributed by atoms with Crippen molar-refractivity contribution in [2.45, 2.75) is 25.3 Å². The van der Waals surface area contributed by atoms with E-state index < -0.39 is 0 Å². The number of piperidine rings is 1. The number of aromatic amines is 1. The molecule has 2 aliphatic rings. The van der Waals surface area contributed by atoms with Gasteiger partial charge in [0.05, 0.1) is 6.20 Å². The molecule has 2 fully saturated rings. The zero-order valence-electron chi connectivity index (χ0n) is 18.7. The molecule has 1 amide bonds. The second-order valence-electron chi connectivity index (χ2n) is 8.95. The zero-order valence-corrected chi connectivity index (χ0v) is 18.7. The molecule has 2 saturated heterocycles. The summed E-state index contributed by atoms with van der Waals surface area (Å²) in [6.07, 6.45) is 7.41. The number of fused-ring (bicyclic) bond motifs is 2. The van der Waals surface area contributed by atoms with Crippen molar-refractivity contribution in [2.75, 3.05) is 31.6 Å². The van der Waals surface area contributed by atoms with Crippen LogP contribution in [0.4, 0.5) is 10.1 Å². The predicted molar refractivity (Wildman–Crippen MR) is 128 cm³/mol. The summed E-state index contributed by atoms with van der Waals surface area (Å²) in [5.74, 6) is 0.333. The number of carbonyl (C=O) groups excluding carboxylic acids is 1. The van der Waals surface area contributed by atoms with Crippen molar-refractivity contribution in [3.05, 3.63) is 71.8 Å². The SMILES string of the molecule is C/N=C\c1cc(-c2cn[nH]c2)ccc1N1C[C@@H]2C[C@@H](C1)N(C(=O)CCc1ccccc1F)C2. The minimum absolute atomic E-state index is 0.123. The van der Waals surface area contributed by atoms with Crippen molar-refractivity contribution in [3.8, 4) is 11.1 Å². The summed E-state index contributed by atoms with van der Waals surface area (Å²) in [5, 5.41) is 6.92. The number of hydrogen-bond donors (Lipinski definition) is 1. The van der Waals surface area contributed by atoms with Gasteiger partial charge in [-0.15, -0.1) is 0 Å². The van der Waals surface area contributed by atoms with E-state index >= 15 is 0 Å². The fraction of sp³-hybridized carbons (Fsp3) is 0.346. The third kappa shape index (κ3) is 4.40. The maximum absolute atomic E-state index is 13.9. The number of H-pyrrole nitrogens is 1. The van der Waals surface area contributed by atoms with E-state index in [0.29, 0.717) is 24.3 Å². The standard InChI is InChI=1S/C26H28FN5O/c1-28-12-21-11-20(22-13-29-30-14-22)6-8-25(21)31-15-18-10-23(17-31)32(16-18)26(33)9-7-19-4-2-3-5-24(19)27/h2-6,8,11-14,18,23H,7,9-10,15-17H2,1H3,(H,29,30)/b28-12-/t18-,23-/m0/s1. The topological polar surface area (TPSA) is 64.6 Å². The van der Waals surface area contributed by atoms with Gasteiger partial charge in [-0.25, -0.2) is 4.39 Å². The van der Waals surface area contributed by atoms with Crippen molar-refractivity contribution in [1.29, 1.82) is 0 Å². The molecular weight excluding hydrogens is 417 g/mol. The highest BCUT2D eigenvalue weighted by Crippen LogP contribution is 2.35. The molecule has 0 aliphatic carbocycles. The molecule has 6 nitrogen and oxygen atoms in total. The molecule has 170 valence electrons. The molecule has 5 rings (SSSR count). The Balaban J connectivity index is 1.30. The third-order valence-corrected chi connectivity index (χ3v) is 6.77. The van der Waals surface area contributed by atoms with Crippen LogP contribution in [0.15, 0.2) is 59.9 Å². The molecule has 0 radical (unpaired) electrons. The number of carbonyl (C=O) groups is 1. The van der Waals surface area contributed by atoms with Crippen molar-refractivity contribution in [1.82, 2.24) is 15.1 Å². The Kier molecular flexibility index (Phi) is 5.94. The molecule has 7 heteroatoms. The summed E-state index contributed by atoms with van der Waals surface area (Å²) in [7, 11) is 1.78. The highest BCUT2D eigenvalue weighted by Gasteiger charge is 2.41. The molecule has 33 heavy (non-hydrogen) atoms. The number of aryl methyl sites for hydroxylation is 1. The van der Waals surface area contributed by atoms with Crippen LogP contribution in [0.25, 0.3) is 11.1 Å². The molecule has 2 bridgehead atoms. The summed E-state index contributed by atoms with van der Waals surface area (Å²) in [5.41, 5.74) is 4.94. The van der Waals surface area contributed by atoms with E-state index in [1.807, 2.05) is 29.6 Å². The summed E-state index contributed by atoms with van der Waals surface area (Å²) in [6, 6.07) is 13.3. The first-order valence-corrected chi connectivity index (χ1v) is 11.5. The molecule has 1 N–H and O–H groups in total. The number of nitrogens with one attached hydrogen (secondary N) is 1. The lowest BCUT2D eigenvalue weighted by molar-refractivity contribution is -0.131.